The molecule has 0 radical (unpaired) electrons. The maximum Gasteiger partial charge on any atom is 0.0608 e. The van der Waals surface area contributed by atoms with Gasteiger partial charge in [0.25, 0.3) is 0 Å². The quantitative estimate of drug-likeness (QED) is 0.688. The fraction of sp³-hybridized carbons (Fsp3) is 1.00. The van der Waals surface area contributed by atoms with Gasteiger partial charge in [-0.1, -0.05) is 26.2 Å². The molecule has 0 bridgehead atoms. The maximum absolute atomic E-state index is 9.10. The van der Waals surface area contributed by atoms with Gasteiger partial charge in [0.15, 0.2) is 0 Å². The van der Waals surface area contributed by atoms with E-state index in [2.05, 4.69) is 18.9 Å². The fourth-order valence-corrected chi connectivity index (χ4v) is 2.95. The molecular weight excluding hydrogens is 224 g/mol. The van der Waals surface area contributed by atoms with E-state index in [1.165, 1.54) is 38.6 Å². The molecular formula is C15H32N2O. The third-order valence-electron chi connectivity index (χ3n) is 4.40. The standard InChI is InChI=1S/C15H32N2O/c1-13-7-6-8-14(11-13)17(3)10-5-4-9-15(2,16)12-18/h13-14,18H,4-12,16H2,1-3H3. The van der Waals surface area contributed by atoms with Crippen LogP contribution in [0.4, 0.5) is 0 Å². The molecule has 0 saturated heterocycles. The van der Waals surface area contributed by atoms with Gasteiger partial charge in [-0.25, -0.2) is 0 Å². The molecule has 0 heterocycles. The van der Waals surface area contributed by atoms with E-state index in [0.717, 1.165) is 24.8 Å². The van der Waals surface area contributed by atoms with Gasteiger partial charge in [-0.15, -0.1) is 0 Å². The molecule has 0 aromatic rings. The number of rotatable bonds is 7. The summed E-state index contributed by atoms with van der Waals surface area (Å²) in [7, 11) is 2.26. The summed E-state index contributed by atoms with van der Waals surface area (Å²) in [6.07, 6.45) is 8.74. The summed E-state index contributed by atoms with van der Waals surface area (Å²) in [6, 6.07) is 0.788. The van der Waals surface area contributed by atoms with Gasteiger partial charge in [0.05, 0.1) is 6.61 Å². The van der Waals surface area contributed by atoms with Gasteiger partial charge < -0.3 is 15.7 Å². The van der Waals surface area contributed by atoms with E-state index in [4.69, 9.17) is 10.8 Å². The third kappa shape index (κ3) is 5.68. The molecule has 1 saturated carbocycles. The van der Waals surface area contributed by atoms with Crippen LogP contribution in [0.3, 0.4) is 0 Å². The lowest BCUT2D eigenvalue weighted by Gasteiger charge is -2.34. The molecule has 0 aromatic carbocycles. The number of hydrogen-bond donors (Lipinski definition) is 2. The average Bonchev–Trinajstić information content (AvgIpc) is 2.34. The molecule has 0 spiro atoms. The molecule has 1 rings (SSSR count). The maximum atomic E-state index is 9.10. The van der Waals surface area contributed by atoms with Crippen LogP contribution in [-0.4, -0.2) is 41.8 Å². The predicted octanol–water partition coefficient (Wildman–Crippen LogP) is 2.38. The van der Waals surface area contributed by atoms with Crippen LogP contribution >= 0.6 is 0 Å². The second-order valence-corrected chi connectivity index (χ2v) is 6.68. The molecule has 18 heavy (non-hydrogen) atoms. The Kier molecular flexibility index (Phi) is 6.61. The number of hydrogen-bond acceptors (Lipinski definition) is 3. The largest absolute Gasteiger partial charge is 0.394 e. The first-order chi connectivity index (χ1) is 8.44. The average molecular weight is 256 g/mol. The van der Waals surface area contributed by atoms with Crippen molar-refractivity contribution < 1.29 is 5.11 Å². The van der Waals surface area contributed by atoms with Gasteiger partial charge in [0, 0.05) is 11.6 Å². The van der Waals surface area contributed by atoms with Gasteiger partial charge in [0.2, 0.25) is 0 Å². The molecule has 3 heteroatoms. The highest BCUT2D eigenvalue weighted by molar-refractivity contribution is 4.79. The molecule has 108 valence electrons. The van der Waals surface area contributed by atoms with Gasteiger partial charge in [0.1, 0.15) is 0 Å². The van der Waals surface area contributed by atoms with E-state index in [0.29, 0.717) is 0 Å². The normalized spacial score (nSPS) is 28.3. The van der Waals surface area contributed by atoms with Crippen LogP contribution in [0.15, 0.2) is 0 Å². The summed E-state index contributed by atoms with van der Waals surface area (Å²) in [5.41, 5.74) is 5.54. The molecule has 3 unspecified atom stereocenters. The molecule has 3 N–H and O–H groups in total. The highest BCUT2D eigenvalue weighted by atomic mass is 16.3. The molecule has 3 nitrogen and oxygen atoms in total. The summed E-state index contributed by atoms with van der Waals surface area (Å²) in [5, 5.41) is 9.10. The number of unbranched alkanes of at least 4 members (excludes halogenated alkanes) is 1. The minimum atomic E-state index is -0.391. The van der Waals surface area contributed by atoms with Crippen LogP contribution in [-0.2, 0) is 0 Å². The summed E-state index contributed by atoms with van der Waals surface area (Å²) < 4.78 is 0. The van der Waals surface area contributed by atoms with E-state index >= 15 is 0 Å². The zero-order valence-electron chi connectivity index (χ0n) is 12.5. The molecule has 1 aliphatic rings. The van der Waals surface area contributed by atoms with Crippen molar-refractivity contribution in [1.82, 2.24) is 4.90 Å². The fourth-order valence-electron chi connectivity index (χ4n) is 2.95. The zero-order chi connectivity index (χ0) is 13.6. The summed E-state index contributed by atoms with van der Waals surface area (Å²) in [5.74, 6) is 0.896. The number of aliphatic hydroxyl groups is 1. The van der Waals surface area contributed by atoms with Crippen molar-refractivity contribution in [3.63, 3.8) is 0 Å². The van der Waals surface area contributed by atoms with Crippen molar-refractivity contribution in [2.75, 3.05) is 20.2 Å². The van der Waals surface area contributed by atoms with Crippen LogP contribution in [0, 0.1) is 5.92 Å². The molecule has 0 aromatic heterocycles. The molecule has 1 fully saturated rings. The van der Waals surface area contributed by atoms with E-state index in [-0.39, 0.29) is 6.61 Å². The first-order valence-electron chi connectivity index (χ1n) is 7.54. The van der Waals surface area contributed by atoms with Crippen LogP contribution in [0.5, 0.6) is 0 Å². The van der Waals surface area contributed by atoms with Crippen molar-refractivity contribution in [3.8, 4) is 0 Å². The van der Waals surface area contributed by atoms with E-state index < -0.39 is 5.54 Å². The minimum absolute atomic E-state index is 0.0863. The molecule has 0 aliphatic heterocycles. The second-order valence-electron chi connectivity index (χ2n) is 6.68. The van der Waals surface area contributed by atoms with Gasteiger partial charge >= 0.3 is 0 Å². The first-order valence-corrected chi connectivity index (χ1v) is 7.54. The van der Waals surface area contributed by atoms with Crippen LogP contribution < -0.4 is 5.73 Å². The van der Waals surface area contributed by atoms with Gasteiger partial charge in [-0.2, -0.15) is 0 Å². The van der Waals surface area contributed by atoms with Crippen LogP contribution in [0.25, 0.3) is 0 Å². The van der Waals surface area contributed by atoms with Crippen molar-refractivity contribution in [2.45, 2.75) is 70.4 Å². The Morgan fingerprint density at radius 2 is 2.06 bits per heavy atom. The number of nitrogens with zero attached hydrogens (tertiary/aromatic N) is 1. The monoisotopic (exact) mass is 256 g/mol. The Labute approximate surface area is 113 Å². The second kappa shape index (κ2) is 7.46. The van der Waals surface area contributed by atoms with Crippen molar-refractivity contribution in [3.05, 3.63) is 0 Å². The van der Waals surface area contributed by atoms with Crippen LogP contribution in [0.2, 0.25) is 0 Å². The highest BCUT2D eigenvalue weighted by Crippen LogP contribution is 2.26. The lowest BCUT2D eigenvalue weighted by atomic mass is 9.86. The van der Waals surface area contributed by atoms with Crippen LogP contribution in [0.1, 0.15) is 58.8 Å². The van der Waals surface area contributed by atoms with Gasteiger partial charge in [-0.05, 0) is 52.1 Å². The van der Waals surface area contributed by atoms with Crippen molar-refractivity contribution in [1.29, 1.82) is 0 Å². The Bertz CT molecular complexity index is 231. The minimum Gasteiger partial charge on any atom is -0.394 e. The molecule has 1 aliphatic carbocycles. The number of nitrogens with two attached hydrogens (primary N) is 1. The summed E-state index contributed by atoms with van der Waals surface area (Å²) in [4.78, 5) is 2.53. The third-order valence-corrected chi connectivity index (χ3v) is 4.40. The lowest BCUT2D eigenvalue weighted by Crippen LogP contribution is -2.40. The van der Waals surface area contributed by atoms with Gasteiger partial charge in [-0.3, -0.25) is 0 Å². The predicted molar refractivity (Wildman–Crippen MR) is 77.6 cm³/mol. The van der Waals surface area contributed by atoms with E-state index in [1.54, 1.807) is 0 Å². The Morgan fingerprint density at radius 1 is 1.33 bits per heavy atom. The molecule has 3 atom stereocenters. The Balaban J connectivity index is 2.15. The smallest absolute Gasteiger partial charge is 0.0608 e. The molecule has 0 amide bonds. The first kappa shape index (κ1) is 15.9. The Morgan fingerprint density at radius 3 is 2.67 bits per heavy atom. The Hall–Kier alpha value is -0.120. The summed E-state index contributed by atoms with van der Waals surface area (Å²) >= 11 is 0. The summed E-state index contributed by atoms with van der Waals surface area (Å²) in [6.45, 7) is 5.56. The van der Waals surface area contributed by atoms with Crippen molar-refractivity contribution >= 4 is 0 Å². The SMILES string of the molecule is CC1CCCC(N(C)CCCCC(C)(N)CO)C1. The topological polar surface area (TPSA) is 49.5 Å². The highest BCUT2D eigenvalue weighted by Gasteiger charge is 2.22. The zero-order valence-corrected chi connectivity index (χ0v) is 12.5. The lowest BCUT2D eigenvalue weighted by molar-refractivity contribution is 0.157. The van der Waals surface area contributed by atoms with E-state index in [1.807, 2.05) is 6.92 Å². The van der Waals surface area contributed by atoms with Crippen molar-refractivity contribution in [2.24, 2.45) is 11.7 Å². The number of aliphatic hydroxyl groups excluding tert-OH is 1. The van der Waals surface area contributed by atoms with E-state index in [9.17, 15) is 0 Å².